The predicted octanol–water partition coefficient (Wildman–Crippen LogP) is 4.45. The first-order valence-corrected chi connectivity index (χ1v) is 10.9. The smallest absolute Gasteiger partial charge is 0.258 e. The fourth-order valence-corrected chi connectivity index (χ4v) is 3.68. The van der Waals surface area contributed by atoms with E-state index >= 15 is 0 Å². The van der Waals surface area contributed by atoms with Crippen LogP contribution in [0.2, 0.25) is 0 Å². The van der Waals surface area contributed by atoms with Gasteiger partial charge in [-0.3, -0.25) is 9.48 Å². The summed E-state index contributed by atoms with van der Waals surface area (Å²) in [5.41, 5.74) is 2.31. The molecule has 0 radical (unpaired) electrons. The van der Waals surface area contributed by atoms with Crippen molar-refractivity contribution in [3.63, 3.8) is 0 Å². The lowest BCUT2D eigenvalue weighted by molar-refractivity contribution is 0.0946. The molecule has 0 fully saturated rings. The molecule has 0 spiro atoms. The number of hydrogen-bond acceptors (Lipinski definition) is 5. The molecule has 0 saturated heterocycles. The Morgan fingerprint density at radius 1 is 0.943 bits per heavy atom. The van der Waals surface area contributed by atoms with Gasteiger partial charge in [-0.25, -0.2) is 8.78 Å². The van der Waals surface area contributed by atoms with Crippen molar-refractivity contribution in [1.82, 2.24) is 15.1 Å². The van der Waals surface area contributed by atoms with Crippen LogP contribution in [0, 0.1) is 11.6 Å². The molecule has 7 nitrogen and oxygen atoms in total. The minimum Gasteiger partial charge on any atom is -0.471 e. The van der Waals surface area contributed by atoms with Crippen molar-refractivity contribution in [3.8, 4) is 17.4 Å². The molecule has 1 amide bonds. The molecule has 9 heteroatoms. The minimum atomic E-state index is -0.401. The first-order chi connectivity index (χ1) is 17.0. The molecule has 0 saturated carbocycles. The summed E-state index contributed by atoms with van der Waals surface area (Å²) in [6, 6.07) is 17.5. The fourth-order valence-electron chi connectivity index (χ4n) is 3.68. The molecule has 1 aromatic heterocycles. The van der Waals surface area contributed by atoms with Crippen LogP contribution in [0.3, 0.4) is 0 Å². The zero-order valence-corrected chi connectivity index (χ0v) is 18.5. The van der Waals surface area contributed by atoms with Crippen molar-refractivity contribution in [1.29, 1.82) is 0 Å². The third kappa shape index (κ3) is 5.40. The second kappa shape index (κ2) is 9.84. The van der Waals surface area contributed by atoms with Gasteiger partial charge in [0.2, 0.25) is 12.7 Å². The normalized spacial score (nSPS) is 11.9. The summed E-state index contributed by atoms with van der Waals surface area (Å²) in [7, 11) is 0. The van der Waals surface area contributed by atoms with E-state index in [1.165, 1.54) is 28.9 Å². The van der Waals surface area contributed by atoms with Gasteiger partial charge < -0.3 is 19.5 Å². The summed E-state index contributed by atoms with van der Waals surface area (Å²) in [6.07, 6.45) is 1.54. The molecule has 5 rings (SSSR count). The number of halogens is 2. The summed E-state index contributed by atoms with van der Waals surface area (Å²) in [6.45, 7) is 0.677. The van der Waals surface area contributed by atoms with Crippen LogP contribution < -0.4 is 19.5 Å². The summed E-state index contributed by atoms with van der Waals surface area (Å²) >= 11 is 0. The zero-order chi connectivity index (χ0) is 24.2. The highest BCUT2D eigenvalue weighted by Gasteiger charge is 2.19. The number of hydrogen-bond donors (Lipinski definition) is 1. The van der Waals surface area contributed by atoms with E-state index in [0.29, 0.717) is 22.6 Å². The fraction of sp³-hybridized carbons (Fsp3) is 0.154. The summed E-state index contributed by atoms with van der Waals surface area (Å²) in [5.74, 6) is 0.227. The Morgan fingerprint density at radius 3 is 2.49 bits per heavy atom. The number of ether oxygens (including phenoxy) is 3. The van der Waals surface area contributed by atoms with E-state index < -0.39 is 5.91 Å². The molecule has 1 aliphatic rings. The topological polar surface area (TPSA) is 74.6 Å². The predicted molar refractivity (Wildman–Crippen MR) is 122 cm³/mol. The maximum absolute atomic E-state index is 13.6. The quantitative estimate of drug-likeness (QED) is 0.406. The second-order valence-corrected chi connectivity index (χ2v) is 7.96. The lowest BCUT2D eigenvalue weighted by atomic mass is 10.2. The third-order valence-corrected chi connectivity index (χ3v) is 5.36. The molecule has 0 unspecified atom stereocenters. The monoisotopic (exact) mass is 477 g/mol. The van der Waals surface area contributed by atoms with Crippen molar-refractivity contribution >= 4 is 5.91 Å². The van der Waals surface area contributed by atoms with E-state index in [-0.39, 0.29) is 49.6 Å². The standard InChI is InChI=1S/C26H21F2N3O4/c27-20-5-1-3-18(9-20)13-31-14-22(26(30-31)33-15-19-4-2-6-21(28)10-19)25(32)29-12-17-7-8-23-24(11-17)35-16-34-23/h1-11,14H,12-13,15-16H2,(H,29,32). The number of fused-ring (bicyclic) bond motifs is 1. The highest BCUT2D eigenvalue weighted by atomic mass is 19.1. The molecule has 0 aliphatic carbocycles. The number of aromatic nitrogens is 2. The minimum absolute atomic E-state index is 0.0250. The van der Waals surface area contributed by atoms with Crippen LogP contribution >= 0.6 is 0 Å². The van der Waals surface area contributed by atoms with Gasteiger partial charge in [0.15, 0.2) is 11.5 Å². The number of carbonyl (C=O) groups is 1. The molecule has 35 heavy (non-hydrogen) atoms. The summed E-state index contributed by atoms with van der Waals surface area (Å²) in [5, 5.41) is 7.23. The van der Waals surface area contributed by atoms with Crippen molar-refractivity contribution in [2.24, 2.45) is 0 Å². The zero-order valence-electron chi connectivity index (χ0n) is 18.5. The number of benzene rings is 3. The Balaban J connectivity index is 1.34. The molecule has 1 N–H and O–H groups in total. The van der Waals surface area contributed by atoms with E-state index in [2.05, 4.69) is 10.4 Å². The lowest BCUT2D eigenvalue weighted by Gasteiger charge is -2.08. The van der Waals surface area contributed by atoms with E-state index in [1.54, 1.807) is 42.6 Å². The van der Waals surface area contributed by atoms with Crippen LogP contribution in [-0.2, 0) is 19.7 Å². The Morgan fingerprint density at radius 2 is 1.69 bits per heavy atom. The van der Waals surface area contributed by atoms with Gasteiger partial charge in [-0.1, -0.05) is 30.3 Å². The second-order valence-electron chi connectivity index (χ2n) is 7.96. The van der Waals surface area contributed by atoms with E-state index in [9.17, 15) is 13.6 Å². The van der Waals surface area contributed by atoms with Crippen LogP contribution in [0.15, 0.2) is 72.9 Å². The lowest BCUT2D eigenvalue weighted by Crippen LogP contribution is -2.23. The van der Waals surface area contributed by atoms with Crippen molar-refractivity contribution in [2.45, 2.75) is 19.7 Å². The summed E-state index contributed by atoms with van der Waals surface area (Å²) in [4.78, 5) is 13.0. The van der Waals surface area contributed by atoms with Crippen LogP contribution in [0.4, 0.5) is 8.78 Å². The molecule has 178 valence electrons. The third-order valence-electron chi connectivity index (χ3n) is 5.36. The summed E-state index contributed by atoms with van der Waals surface area (Å²) < 4.78 is 45.1. The SMILES string of the molecule is O=C(NCc1ccc2c(c1)OCO2)c1cn(Cc2cccc(F)c2)nc1OCc1cccc(F)c1. The Labute approximate surface area is 199 Å². The number of rotatable bonds is 8. The average Bonchev–Trinajstić information content (AvgIpc) is 3.48. The van der Waals surface area contributed by atoms with Gasteiger partial charge in [-0.2, -0.15) is 0 Å². The van der Waals surface area contributed by atoms with Gasteiger partial charge in [0.1, 0.15) is 23.8 Å². The number of carbonyl (C=O) groups excluding carboxylic acids is 1. The maximum atomic E-state index is 13.6. The Kier molecular flexibility index (Phi) is 6.30. The molecule has 2 heterocycles. The van der Waals surface area contributed by atoms with E-state index in [4.69, 9.17) is 14.2 Å². The number of nitrogens with zero attached hydrogens (tertiary/aromatic N) is 2. The van der Waals surface area contributed by atoms with E-state index in [1.807, 2.05) is 6.07 Å². The first kappa shape index (κ1) is 22.4. The number of nitrogens with one attached hydrogen (secondary N) is 1. The van der Waals surface area contributed by atoms with Gasteiger partial charge in [-0.05, 0) is 53.1 Å². The molecular weight excluding hydrogens is 456 g/mol. The largest absolute Gasteiger partial charge is 0.471 e. The molecule has 4 aromatic rings. The van der Waals surface area contributed by atoms with Crippen LogP contribution in [0.25, 0.3) is 0 Å². The Hall–Kier alpha value is -4.40. The molecule has 3 aromatic carbocycles. The molecule has 1 aliphatic heterocycles. The first-order valence-electron chi connectivity index (χ1n) is 10.9. The Bertz CT molecular complexity index is 1370. The van der Waals surface area contributed by atoms with Crippen LogP contribution in [0.1, 0.15) is 27.0 Å². The van der Waals surface area contributed by atoms with Gasteiger partial charge in [0.25, 0.3) is 5.91 Å². The highest BCUT2D eigenvalue weighted by molar-refractivity contribution is 5.96. The molecule has 0 atom stereocenters. The van der Waals surface area contributed by atoms with Gasteiger partial charge >= 0.3 is 0 Å². The molecule has 0 bridgehead atoms. The van der Waals surface area contributed by atoms with Gasteiger partial charge in [-0.15, -0.1) is 5.10 Å². The average molecular weight is 477 g/mol. The van der Waals surface area contributed by atoms with Crippen molar-refractivity contribution < 1.29 is 27.8 Å². The van der Waals surface area contributed by atoms with Gasteiger partial charge in [0.05, 0.1) is 6.54 Å². The highest BCUT2D eigenvalue weighted by Crippen LogP contribution is 2.32. The van der Waals surface area contributed by atoms with Crippen molar-refractivity contribution in [2.75, 3.05) is 6.79 Å². The van der Waals surface area contributed by atoms with Crippen LogP contribution in [0.5, 0.6) is 17.4 Å². The van der Waals surface area contributed by atoms with Crippen molar-refractivity contribution in [3.05, 3.63) is 107 Å². The van der Waals surface area contributed by atoms with Crippen LogP contribution in [-0.4, -0.2) is 22.5 Å². The van der Waals surface area contributed by atoms with Gasteiger partial charge in [0, 0.05) is 12.7 Å². The maximum Gasteiger partial charge on any atom is 0.258 e. The number of amides is 1. The van der Waals surface area contributed by atoms with E-state index in [0.717, 1.165) is 5.56 Å². The molecular formula is C26H21F2N3O4.